The maximum Gasteiger partial charge on any atom is 0.147 e. The predicted octanol–water partition coefficient (Wildman–Crippen LogP) is 10.5. The zero-order valence-electron chi connectivity index (χ0n) is 26.8. The van der Waals surface area contributed by atoms with Crippen molar-refractivity contribution >= 4 is 43.7 Å². The molecule has 50 heavy (non-hydrogen) atoms. The Morgan fingerprint density at radius 1 is 0.400 bits per heavy atom. The molecule has 4 aromatic carbocycles. The summed E-state index contributed by atoms with van der Waals surface area (Å²) < 4.78 is 4.59. The van der Waals surface area contributed by atoms with E-state index >= 15 is 0 Å². The summed E-state index contributed by atoms with van der Waals surface area (Å²) in [7, 11) is 0. The molecule has 0 fully saturated rings. The predicted molar refractivity (Wildman–Crippen MR) is 203 cm³/mol. The van der Waals surface area contributed by atoms with E-state index in [0.717, 1.165) is 83.1 Å². The fourth-order valence-electron chi connectivity index (χ4n) is 7.34. The topological polar surface area (TPSA) is 61.4 Å². The molecule has 0 spiro atoms. The van der Waals surface area contributed by atoms with E-state index in [9.17, 15) is 0 Å². The first-order chi connectivity index (χ1) is 24.8. The number of fused-ring (bicyclic) bond motifs is 7. The zero-order valence-corrected chi connectivity index (χ0v) is 26.8. The largest absolute Gasteiger partial charge is 0.294 e. The molecule has 6 aromatic heterocycles. The first-order valence-corrected chi connectivity index (χ1v) is 16.6. The highest BCUT2D eigenvalue weighted by molar-refractivity contribution is 6.25. The van der Waals surface area contributed by atoms with Crippen molar-refractivity contribution in [2.24, 2.45) is 0 Å². The molecule has 234 valence electrons. The van der Waals surface area contributed by atoms with Crippen LogP contribution in [0.25, 0.3) is 88.6 Å². The molecule has 0 amide bonds. The molecule has 0 aliphatic heterocycles. The van der Waals surface area contributed by atoms with Gasteiger partial charge in [-0.1, -0.05) is 72.8 Å². The summed E-state index contributed by atoms with van der Waals surface area (Å²) >= 11 is 0. The summed E-state index contributed by atoms with van der Waals surface area (Å²) in [6.07, 6.45) is 11.3. The smallest absolute Gasteiger partial charge is 0.147 e. The van der Waals surface area contributed by atoms with Gasteiger partial charge in [-0.05, 0) is 82.9 Å². The minimum absolute atomic E-state index is 0.863. The average molecular weight is 641 g/mol. The lowest BCUT2D eigenvalue weighted by atomic mass is 9.99. The van der Waals surface area contributed by atoms with Crippen molar-refractivity contribution < 1.29 is 0 Å². The van der Waals surface area contributed by atoms with E-state index in [1.54, 1.807) is 12.4 Å². The van der Waals surface area contributed by atoms with Gasteiger partial charge in [-0.2, -0.15) is 0 Å². The van der Waals surface area contributed by atoms with Gasteiger partial charge in [0.15, 0.2) is 0 Å². The van der Waals surface area contributed by atoms with Gasteiger partial charge in [-0.15, -0.1) is 0 Å². The molecule has 0 saturated carbocycles. The van der Waals surface area contributed by atoms with Crippen molar-refractivity contribution in [2.75, 3.05) is 0 Å². The Morgan fingerprint density at radius 3 is 1.82 bits per heavy atom. The van der Waals surface area contributed by atoms with Gasteiger partial charge >= 0.3 is 0 Å². The third-order valence-electron chi connectivity index (χ3n) is 9.56. The molecular weight excluding hydrogens is 613 g/mol. The van der Waals surface area contributed by atoms with Crippen molar-refractivity contribution in [2.45, 2.75) is 0 Å². The third-order valence-corrected chi connectivity index (χ3v) is 9.56. The summed E-state index contributed by atoms with van der Waals surface area (Å²) in [5.74, 6) is 0.863. The molecule has 0 aliphatic carbocycles. The average Bonchev–Trinajstić information content (AvgIpc) is 3.71. The normalized spacial score (nSPS) is 11.6. The van der Waals surface area contributed by atoms with Gasteiger partial charge in [0.1, 0.15) is 11.5 Å². The molecule has 0 bridgehead atoms. The highest BCUT2D eigenvalue weighted by Gasteiger charge is 2.23. The molecule has 6 nitrogen and oxygen atoms in total. The molecule has 0 atom stereocenters. The van der Waals surface area contributed by atoms with Crippen LogP contribution in [0.1, 0.15) is 0 Å². The Labute approximate surface area is 287 Å². The molecule has 0 N–H and O–H groups in total. The minimum Gasteiger partial charge on any atom is -0.294 e. The zero-order chi connectivity index (χ0) is 33.0. The van der Waals surface area contributed by atoms with Crippen LogP contribution in [0.5, 0.6) is 0 Å². The number of para-hydroxylation sites is 1. The maximum absolute atomic E-state index is 5.29. The van der Waals surface area contributed by atoms with Gasteiger partial charge in [0.05, 0.1) is 21.9 Å². The van der Waals surface area contributed by atoms with Crippen molar-refractivity contribution in [3.63, 3.8) is 0 Å². The summed E-state index contributed by atoms with van der Waals surface area (Å²) in [6.45, 7) is 0. The number of aromatic nitrogens is 6. The van der Waals surface area contributed by atoms with E-state index in [4.69, 9.17) is 9.97 Å². The highest BCUT2D eigenvalue weighted by atomic mass is 15.1. The van der Waals surface area contributed by atoms with E-state index in [1.807, 2.05) is 49.1 Å². The molecule has 0 radical (unpaired) electrons. The van der Waals surface area contributed by atoms with E-state index in [1.165, 1.54) is 5.56 Å². The number of pyridine rings is 4. The van der Waals surface area contributed by atoms with E-state index in [2.05, 4.69) is 128 Å². The molecule has 0 saturated heterocycles. The second-order valence-electron chi connectivity index (χ2n) is 12.4. The molecule has 0 unspecified atom stereocenters. The van der Waals surface area contributed by atoms with Gasteiger partial charge in [0, 0.05) is 70.2 Å². The lowest BCUT2D eigenvalue weighted by Crippen LogP contribution is -1.99. The number of hydrogen-bond donors (Lipinski definition) is 0. The van der Waals surface area contributed by atoms with Gasteiger partial charge in [-0.25, -0.2) is 9.97 Å². The van der Waals surface area contributed by atoms with Crippen molar-refractivity contribution in [1.82, 2.24) is 29.1 Å². The Kier molecular flexibility index (Phi) is 6.39. The summed E-state index contributed by atoms with van der Waals surface area (Å²) in [5, 5.41) is 4.42. The SMILES string of the molecule is c1ccc(-c2ccc3c(c2)c2cnc4c(c5ccccc5n4-c4cc(-c5cccnc5)cc(-c5cccnc5)c4)c2n3-c2ccccn2)cc1. The Balaban J connectivity index is 1.33. The highest BCUT2D eigenvalue weighted by Crippen LogP contribution is 2.42. The maximum atomic E-state index is 5.29. The third kappa shape index (κ3) is 4.43. The quantitative estimate of drug-likeness (QED) is 0.188. The number of rotatable bonds is 5. The second-order valence-corrected chi connectivity index (χ2v) is 12.4. The van der Waals surface area contributed by atoms with Crippen molar-refractivity contribution in [3.8, 4) is 44.9 Å². The van der Waals surface area contributed by atoms with Gasteiger partial charge in [0.25, 0.3) is 0 Å². The number of benzene rings is 4. The van der Waals surface area contributed by atoms with Crippen LogP contribution in [-0.2, 0) is 0 Å². The van der Waals surface area contributed by atoms with Crippen LogP contribution in [-0.4, -0.2) is 29.1 Å². The lowest BCUT2D eigenvalue weighted by Gasteiger charge is -2.13. The Hall–Kier alpha value is -6.92. The minimum atomic E-state index is 0.863. The van der Waals surface area contributed by atoms with Crippen LogP contribution in [0, 0.1) is 0 Å². The van der Waals surface area contributed by atoms with Crippen LogP contribution in [0.2, 0.25) is 0 Å². The van der Waals surface area contributed by atoms with Crippen LogP contribution < -0.4 is 0 Å². The molecular formula is C44H28N6. The van der Waals surface area contributed by atoms with Gasteiger partial charge in [0.2, 0.25) is 0 Å². The number of nitrogens with zero attached hydrogens (tertiary/aromatic N) is 6. The summed E-state index contributed by atoms with van der Waals surface area (Å²) in [5.41, 5.74) is 11.7. The fraction of sp³-hybridized carbons (Fsp3) is 0. The van der Waals surface area contributed by atoms with Crippen LogP contribution in [0.3, 0.4) is 0 Å². The first-order valence-electron chi connectivity index (χ1n) is 16.6. The van der Waals surface area contributed by atoms with Crippen molar-refractivity contribution in [3.05, 3.63) is 171 Å². The van der Waals surface area contributed by atoms with Crippen LogP contribution in [0.4, 0.5) is 0 Å². The first kappa shape index (κ1) is 28.1. The molecule has 0 aliphatic rings. The van der Waals surface area contributed by atoms with Crippen LogP contribution >= 0.6 is 0 Å². The summed E-state index contributed by atoms with van der Waals surface area (Å²) in [6, 6.07) is 46.7. The lowest BCUT2D eigenvalue weighted by molar-refractivity contribution is 1.08. The van der Waals surface area contributed by atoms with E-state index in [-0.39, 0.29) is 0 Å². The molecule has 10 aromatic rings. The van der Waals surface area contributed by atoms with E-state index in [0.29, 0.717) is 0 Å². The monoisotopic (exact) mass is 640 g/mol. The molecule has 6 heteroatoms. The molecule has 6 heterocycles. The fourth-order valence-corrected chi connectivity index (χ4v) is 7.34. The number of hydrogen-bond acceptors (Lipinski definition) is 4. The van der Waals surface area contributed by atoms with E-state index < -0.39 is 0 Å². The Bertz CT molecular complexity index is 2780. The van der Waals surface area contributed by atoms with Gasteiger partial charge in [-0.3, -0.25) is 19.1 Å². The Morgan fingerprint density at radius 2 is 1.10 bits per heavy atom. The van der Waals surface area contributed by atoms with Crippen molar-refractivity contribution in [1.29, 1.82) is 0 Å². The molecule has 10 rings (SSSR count). The second kappa shape index (κ2) is 11.4. The summed E-state index contributed by atoms with van der Waals surface area (Å²) in [4.78, 5) is 19.0. The van der Waals surface area contributed by atoms with Gasteiger partial charge < -0.3 is 0 Å². The van der Waals surface area contributed by atoms with Crippen LogP contribution in [0.15, 0.2) is 171 Å². The standard InChI is InChI=1S/C44H28N6/c1-2-10-29(11-3-1)30-17-18-40-37(25-30)38-28-48-44-42(43(38)50(40)41-16-6-7-21-47-41)36-14-4-5-15-39(36)49(44)35-23-33(31-12-8-19-45-26-31)22-34(24-35)32-13-9-20-46-27-32/h1-28H.